The molecule has 1 aromatic heterocycles. The fourth-order valence-corrected chi connectivity index (χ4v) is 3.33. The third-order valence-corrected chi connectivity index (χ3v) is 5.26. The van der Waals surface area contributed by atoms with Crippen molar-refractivity contribution >= 4 is 41.5 Å². The zero-order chi connectivity index (χ0) is 21.5. The average molecular weight is 445 g/mol. The number of amides is 1. The van der Waals surface area contributed by atoms with Gasteiger partial charge >= 0.3 is 5.97 Å². The molecule has 1 heterocycles. The maximum atomic E-state index is 11.9. The van der Waals surface area contributed by atoms with Gasteiger partial charge in [0.15, 0.2) is 0 Å². The second-order valence-electron chi connectivity index (χ2n) is 5.96. The molecule has 0 aliphatic rings. The third-order valence-electron chi connectivity index (χ3n) is 3.92. The van der Waals surface area contributed by atoms with E-state index in [1.165, 1.54) is 30.1 Å². The van der Waals surface area contributed by atoms with Gasteiger partial charge in [0.05, 0.1) is 29.7 Å². The summed E-state index contributed by atoms with van der Waals surface area (Å²) in [6.07, 6.45) is 1.37. The standard InChI is InChI=1S/C21H17ClN2O5S/c1-28-14-3-6-16(7-4-14)30-12-20(25)24-23-11-15-5-9-19(29-15)13-2-8-18(22)17(10-13)21(26)27/h2-11H,12H2,1H3,(H,24,25)(H,26,27). The maximum absolute atomic E-state index is 11.9. The number of nitrogens with one attached hydrogen (secondary N) is 1. The van der Waals surface area contributed by atoms with Crippen LogP contribution in [0.3, 0.4) is 0 Å². The lowest BCUT2D eigenvalue weighted by atomic mass is 10.1. The Morgan fingerprint density at radius 1 is 1.20 bits per heavy atom. The smallest absolute Gasteiger partial charge is 0.337 e. The van der Waals surface area contributed by atoms with E-state index in [1.54, 1.807) is 25.3 Å². The van der Waals surface area contributed by atoms with Crippen LogP contribution in [0.1, 0.15) is 16.1 Å². The molecule has 2 N–H and O–H groups in total. The van der Waals surface area contributed by atoms with Crippen molar-refractivity contribution in [2.75, 3.05) is 12.9 Å². The van der Waals surface area contributed by atoms with Crippen molar-refractivity contribution < 1.29 is 23.8 Å². The number of nitrogens with zero attached hydrogens (tertiary/aromatic N) is 1. The van der Waals surface area contributed by atoms with Crippen molar-refractivity contribution in [2.24, 2.45) is 5.10 Å². The number of benzene rings is 2. The number of carboxylic acids is 1. The lowest BCUT2D eigenvalue weighted by molar-refractivity contribution is -0.118. The zero-order valence-electron chi connectivity index (χ0n) is 15.8. The molecule has 0 aliphatic carbocycles. The normalized spacial score (nSPS) is 10.9. The summed E-state index contributed by atoms with van der Waals surface area (Å²) in [4.78, 5) is 24.1. The molecular weight excluding hydrogens is 428 g/mol. The highest BCUT2D eigenvalue weighted by Crippen LogP contribution is 2.26. The molecule has 1 amide bonds. The van der Waals surface area contributed by atoms with Crippen molar-refractivity contribution in [2.45, 2.75) is 4.90 Å². The van der Waals surface area contributed by atoms with Crippen molar-refractivity contribution in [3.05, 3.63) is 70.9 Å². The molecule has 0 bridgehead atoms. The third kappa shape index (κ3) is 5.65. The van der Waals surface area contributed by atoms with Crippen LogP contribution in [0.2, 0.25) is 5.02 Å². The van der Waals surface area contributed by atoms with Crippen molar-refractivity contribution in [1.29, 1.82) is 0 Å². The molecule has 3 rings (SSSR count). The minimum absolute atomic E-state index is 0.0117. The van der Waals surface area contributed by atoms with Crippen LogP contribution in [0.4, 0.5) is 0 Å². The first-order chi connectivity index (χ1) is 14.5. The molecular formula is C21H17ClN2O5S. The van der Waals surface area contributed by atoms with Gasteiger partial charge in [0.1, 0.15) is 17.3 Å². The maximum Gasteiger partial charge on any atom is 0.337 e. The minimum Gasteiger partial charge on any atom is -0.497 e. The Morgan fingerprint density at radius 3 is 2.67 bits per heavy atom. The molecule has 0 unspecified atom stereocenters. The largest absolute Gasteiger partial charge is 0.497 e. The van der Waals surface area contributed by atoms with Crippen molar-refractivity contribution in [3.8, 4) is 17.1 Å². The van der Waals surface area contributed by atoms with Gasteiger partial charge in [-0.2, -0.15) is 5.10 Å². The average Bonchev–Trinajstić information content (AvgIpc) is 3.21. The second-order valence-corrected chi connectivity index (χ2v) is 7.42. The Balaban J connectivity index is 1.54. The monoisotopic (exact) mass is 444 g/mol. The molecule has 7 nitrogen and oxygen atoms in total. The Bertz CT molecular complexity index is 1080. The van der Waals surface area contributed by atoms with E-state index >= 15 is 0 Å². The molecule has 0 fully saturated rings. The van der Waals surface area contributed by atoms with Crippen LogP contribution in [0.5, 0.6) is 5.75 Å². The lowest BCUT2D eigenvalue weighted by Crippen LogP contribution is -2.19. The van der Waals surface area contributed by atoms with Crippen LogP contribution in [0, 0.1) is 0 Å². The van der Waals surface area contributed by atoms with Crippen LogP contribution in [-0.4, -0.2) is 36.1 Å². The summed E-state index contributed by atoms with van der Waals surface area (Å²) in [5.74, 6) is 0.435. The highest BCUT2D eigenvalue weighted by molar-refractivity contribution is 8.00. The molecule has 154 valence electrons. The van der Waals surface area contributed by atoms with Crippen LogP contribution in [0.25, 0.3) is 11.3 Å². The molecule has 30 heavy (non-hydrogen) atoms. The van der Waals surface area contributed by atoms with Gasteiger partial charge in [0.25, 0.3) is 0 Å². The lowest BCUT2D eigenvalue weighted by Gasteiger charge is -2.03. The molecule has 0 radical (unpaired) electrons. The molecule has 0 spiro atoms. The van der Waals surface area contributed by atoms with Gasteiger partial charge < -0.3 is 14.3 Å². The van der Waals surface area contributed by atoms with E-state index in [2.05, 4.69) is 10.5 Å². The summed E-state index contributed by atoms with van der Waals surface area (Å²) in [5, 5.41) is 13.2. The van der Waals surface area contributed by atoms with E-state index in [-0.39, 0.29) is 22.2 Å². The topological polar surface area (TPSA) is 101 Å². The van der Waals surface area contributed by atoms with E-state index in [1.807, 2.05) is 24.3 Å². The Morgan fingerprint density at radius 2 is 1.97 bits per heavy atom. The SMILES string of the molecule is COc1ccc(SCC(=O)NN=Cc2ccc(-c3ccc(Cl)c(C(=O)O)c3)o2)cc1. The van der Waals surface area contributed by atoms with Gasteiger partial charge in [-0.25, -0.2) is 10.2 Å². The Kier molecular flexibility index (Phi) is 7.16. The van der Waals surface area contributed by atoms with Gasteiger partial charge in [0, 0.05) is 10.5 Å². The number of rotatable bonds is 8. The zero-order valence-corrected chi connectivity index (χ0v) is 17.4. The van der Waals surface area contributed by atoms with Crippen LogP contribution >= 0.6 is 23.4 Å². The van der Waals surface area contributed by atoms with Gasteiger partial charge in [-0.15, -0.1) is 11.8 Å². The van der Waals surface area contributed by atoms with E-state index in [9.17, 15) is 9.59 Å². The number of carbonyl (C=O) groups is 2. The fraction of sp³-hybridized carbons (Fsp3) is 0.0952. The summed E-state index contributed by atoms with van der Waals surface area (Å²) >= 11 is 7.26. The number of ether oxygens (including phenoxy) is 1. The van der Waals surface area contributed by atoms with Crippen molar-refractivity contribution in [3.63, 3.8) is 0 Å². The number of methoxy groups -OCH3 is 1. The Hall–Kier alpha value is -3.23. The highest BCUT2D eigenvalue weighted by Gasteiger charge is 2.12. The van der Waals surface area contributed by atoms with Gasteiger partial charge in [-0.1, -0.05) is 11.6 Å². The van der Waals surface area contributed by atoms with E-state index in [4.69, 9.17) is 25.9 Å². The number of hydrazone groups is 1. The summed E-state index contributed by atoms with van der Waals surface area (Å²) < 4.78 is 10.7. The summed E-state index contributed by atoms with van der Waals surface area (Å²) in [7, 11) is 1.60. The number of halogens is 1. The molecule has 3 aromatic rings. The van der Waals surface area contributed by atoms with Crippen LogP contribution in [0.15, 0.2) is 69.0 Å². The first-order valence-corrected chi connectivity index (χ1v) is 10.0. The summed E-state index contributed by atoms with van der Waals surface area (Å²) in [6.45, 7) is 0. The predicted molar refractivity (Wildman–Crippen MR) is 116 cm³/mol. The predicted octanol–water partition coefficient (Wildman–Crippen LogP) is 4.55. The molecule has 9 heteroatoms. The van der Waals surface area contributed by atoms with E-state index in [0.717, 1.165) is 10.6 Å². The van der Waals surface area contributed by atoms with Crippen LogP contribution < -0.4 is 10.2 Å². The van der Waals surface area contributed by atoms with E-state index < -0.39 is 5.97 Å². The van der Waals surface area contributed by atoms with E-state index in [0.29, 0.717) is 17.1 Å². The number of furan rings is 1. The minimum atomic E-state index is -1.12. The Labute approximate surface area is 181 Å². The van der Waals surface area contributed by atoms with Crippen molar-refractivity contribution in [1.82, 2.24) is 5.43 Å². The molecule has 0 aliphatic heterocycles. The van der Waals surface area contributed by atoms with Gasteiger partial charge in [0.2, 0.25) is 5.91 Å². The van der Waals surface area contributed by atoms with Gasteiger partial charge in [-0.05, 0) is 54.6 Å². The number of hydrogen-bond acceptors (Lipinski definition) is 6. The molecule has 0 atom stereocenters. The quantitative estimate of drug-likeness (QED) is 0.300. The number of thioether (sulfide) groups is 1. The number of hydrogen-bond donors (Lipinski definition) is 2. The second kappa shape index (κ2) is 10.00. The number of carbonyl (C=O) groups excluding carboxylic acids is 1. The fourth-order valence-electron chi connectivity index (χ4n) is 2.44. The van der Waals surface area contributed by atoms with Gasteiger partial charge in [-0.3, -0.25) is 4.79 Å². The first kappa shape index (κ1) is 21.5. The molecule has 0 saturated carbocycles. The first-order valence-electron chi connectivity index (χ1n) is 8.68. The summed E-state index contributed by atoms with van der Waals surface area (Å²) in [6, 6.07) is 15.3. The summed E-state index contributed by atoms with van der Waals surface area (Å²) in [5.41, 5.74) is 2.99. The van der Waals surface area contributed by atoms with Crippen LogP contribution in [-0.2, 0) is 4.79 Å². The number of carboxylic acid groups (broad SMARTS) is 1. The number of aromatic carboxylic acids is 1. The molecule has 0 saturated heterocycles. The molecule has 2 aromatic carbocycles. The highest BCUT2D eigenvalue weighted by atomic mass is 35.5.